The summed E-state index contributed by atoms with van der Waals surface area (Å²) in [6.07, 6.45) is 15.6. The number of carbonyl (C=O) groups excluding carboxylic acids is 1. The number of unbranched alkanes of at least 4 members (excludes halogenated alkanes) is 10. The lowest BCUT2D eigenvalue weighted by Gasteiger charge is -2.08. The SMILES string of the molecule is CCCCCCCCCCCCCC(=O)C(N)CCN. The molecule has 0 fully saturated rings. The van der Waals surface area contributed by atoms with Gasteiger partial charge in [0.25, 0.3) is 0 Å². The maximum Gasteiger partial charge on any atom is 0.149 e. The predicted octanol–water partition coefficient (Wildman–Crippen LogP) is 3.93. The van der Waals surface area contributed by atoms with Crippen LogP contribution in [-0.2, 0) is 4.79 Å². The third kappa shape index (κ3) is 12.6. The molecule has 3 nitrogen and oxygen atoms in total. The first-order valence-corrected chi connectivity index (χ1v) is 8.70. The molecule has 20 heavy (non-hydrogen) atoms. The van der Waals surface area contributed by atoms with E-state index >= 15 is 0 Å². The van der Waals surface area contributed by atoms with E-state index in [1.807, 2.05) is 0 Å². The zero-order chi connectivity index (χ0) is 15.1. The summed E-state index contributed by atoms with van der Waals surface area (Å²) in [5.74, 6) is 0.186. The summed E-state index contributed by atoms with van der Waals surface area (Å²) in [5.41, 5.74) is 11.1. The summed E-state index contributed by atoms with van der Waals surface area (Å²) in [4.78, 5) is 11.6. The van der Waals surface area contributed by atoms with E-state index in [1.165, 1.54) is 57.8 Å². The van der Waals surface area contributed by atoms with E-state index in [9.17, 15) is 4.79 Å². The molecule has 0 spiro atoms. The van der Waals surface area contributed by atoms with Gasteiger partial charge < -0.3 is 11.5 Å². The first-order valence-electron chi connectivity index (χ1n) is 8.70. The zero-order valence-corrected chi connectivity index (χ0v) is 13.5. The molecule has 0 bridgehead atoms. The van der Waals surface area contributed by atoms with Gasteiger partial charge in [0.15, 0.2) is 0 Å². The summed E-state index contributed by atoms with van der Waals surface area (Å²) >= 11 is 0. The van der Waals surface area contributed by atoms with Gasteiger partial charge in [-0.15, -0.1) is 0 Å². The van der Waals surface area contributed by atoms with Crippen molar-refractivity contribution in [3.63, 3.8) is 0 Å². The van der Waals surface area contributed by atoms with Crippen molar-refractivity contribution >= 4 is 5.78 Å². The molecule has 1 atom stereocenters. The Labute approximate surface area is 125 Å². The molecule has 0 heterocycles. The van der Waals surface area contributed by atoms with Crippen LogP contribution >= 0.6 is 0 Å². The van der Waals surface area contributed by atoms with Crippen LogP contribution in [0.2, 0.25) is 0 Å². The number of ketones is 1. The van der Waals surface area contributed by atoms with Gasteiger partial charge in [0.2, 0.25) is 0 Å². The van der Waals surface area contributed by atoms with E-state index in [4.69, 9.17) is 11.5 Å². The van der Waals surface area contributed by atoms with Crippen molar-refractivity contribution in [3.8, 4) is 0 Å². The van der Waals surface area contributed by atoms with Gasteiger partial charge >= 0.3 is 0 Å². The number of hydrogen-bond acceptors (Lipinski definition) is 3. The van der Waals surface area contributed by atoms with Crippen molar-refractivity contribution in [1.82, 2.24) is 0 Å². The van der Waals surface area contributed by atoms with Crippen molar-refractivity contribution in [2.75, 3.05) is 6.54 Å². The highest BCUT2D eigenvalue weighted by molar-refractivity contribution is 5.83. The average molecular weight is 284 g/mol. The van der Waals surface area contributed by atoms with E-state index in [0.29, 0.717) is 19.4 Å². The van der Waals surface area contributed by atoms with Gasteiger partial charge in [-0.2, -0.15) is 0 Å². The van der Waals surface area contributed by atoms with Crippen LogP contribution in [0.1, 0.15) is 90.4 Å². The molecule has 4 N–H and O–H groups in total. The maximum absolute atomic E-state index is 11.6. The summed E-state index contributed by atoms with van der Waals surface area (Å²) < 4.78 is 0. The Morgan fingerprint density at radius 2 is 1.30 bits per heavy atom. The first kappa shape index (κ1) is 19.6. The molecular formula is C17H36N2O. The molecular weight excluding hydrogens is 248 g/mol. The van der Waals surface area contributed by atoms with Crippen LogP contribution in [0.15, 0.2) is 0 Å². The lowest BCUT2D eigenvalue weighted by atomic mass is 10.0. The van der Waals surface area contributed by atoms with Gasteiger partial charge in [0.05, 0.1) is 6.04 Å². The Kier molecular flexibility index (Phi) is 14.7. The van der Waals surface area contributed by atoms with Crippen LogP contribution in [0.5, 0.6) is 0 Å². The van der Waals surface area contributed by atoms with Gasteiger partial charge in [-0.05, 0) is 19.4 Å². The van der Waals surface area contributed by atoms with Gasteiger partial charge in [-0.25, -0.2) is 0 Å². The Bertz CT molecular complexity index is 219. The third-order valence-electron chi connectivity index (χ3n) is 3.92. The second-order valence-corrected chi connectivity index (χ2v) is 5.94. The van der Waals surface area contributed by atoms with Crippen molar-refractivity contribution in [1.29, 1.82) is 0 Å². The minimum absolute atomic E-state index is 0.186. The number of Topliss-reactive ketones (excluding diaryl/α,β-unsaturated/α-hetero) is 1. The van der Waals surface area contributed by atoms with Gasteiger partial charge in [-0.3, -0.25) is 4.79 Å². The highest BCUT2D eigenvalue weighted by Gasteiger charge is 2.11. The van der Waals surface area contributed by atoms with E-state index < -0.39 is 0 Å². The molecule has 0 radical (unpaired) electrons. The standard InChI is InChI=1S/C17H36N2O/c1-2-3-4-5-6-7-8-9-10-11-12-13-17(20)16(19)14-15-18/h16H,2-15,18-19H2,1H3. The van der Waals surface area contributed by atoms with Crippen LogP contribution in [0.4, 0.5) is 0 Å². The fourth-order valence-corrected chi connectivity index (χ4v) is 2.49. The Balaban J connectivity index is 3.18. The number of hydrogen-bond donors (Lipinski definition) is 2. The summed E-state index contributed by atoms with van der Waals surface area (Å²) in [6.45, 7) is 2.76. The fourth-order valence-electron chi connectivity index (χ4n) is 2.49. The lowest BCUT2D eigenvalue weighted by molar-refractivity contribution is -0.120. The molecule has 0 saturated heterocycles. The Morgan fingerprint density at radius 1 is 0.850 bits per heavy atom. The van der Waals surface area contributed by atoms with E-state index in [0.717, 1.165) is 12.8 Å². The van der Waals surface area contributed by atoms with Crippen molar-refractivity contribution in [3.05, 3.63) is 0 Å². The average Bonchev–Trinajstić information content (AvgIpc) is 2.44. The molecule has 120 valence electrons. The van der Waals surface area contributed by atoms with E-state index in [1.54, 1.807) is 0 Å². The largest absolute Gasteiger partial charge is 0.330 e. The molecule has 0 aromatic heterocycles. The smallest absolute Gasteiger partial charge is 0.149 e. The highest BCUT2D eigenvalue weighted by atomic mass is 16.1. The minimum Gasteiger partial charge on any atom is -0.330 e. The quantitative estimate of drug-likeness (QED) is 0.448. The molecule has 3 heteroatoms. The molecule has 0 aliphatic carbocycles. The van der Waals surface area contributed by atoms with E-state index in [2.05, 4.69) is 6.92 Å². The van der Waals surface area contributed by atoms with Crippen LogP contribution in [0, 0.1) is 0 Å². The molecule has 0 amide bonds. The summed E-state index contributed by atoms with van der Waals surface area (Å²) in [5, 5.41) is 0. The molecule has 0 rings (SSSR count). The second-order valence-electron chi connectivity index (χ2n) is 5.94. The summed E-state index contributed by atoms with van der Waals surface area (Å²) in [7, 11) is 0. The highest BCUT2D eigenvalue weighted by Crippen LogP contribution is 2.12. The molecule has 0 aromatic carbocycles. The van der Waals surface area contributed by atoms with Crippen molar-refractivity contribution in [2.45, 2.75) is 96.4 Å². The van der Waals surface area contributed by atoms with Crippen LogP contribution < -0.4 is 11.5 Å². The number of rotatable bonds is 15. The molecule has 0 aliphatic heterocycles. The van der Waals surface area contributed by atoms with Gasteiger partial charge in [-0.1, -0.05) is 71.1 Å². The van der Waals surface area contributed by atoms with Crippen LogP contribution in [0.3, 0.4) is 0 Å². The first-order chi connectivity index (χ1) is 9.72. The number of nitrogens with two attached hydrogens (primary N) is 2. The molecule has 1 unspecified atom stereocenters. The maximum atomic E-state index is 11.6. The van der Waals surface area contributed by atoms with Gasteiger partial charge in [0, 0.05) is 6.42 Å². The topological polar surface area (TPSA) is 69.1 Å². The van der Waals surface area contributed by atoms with Gasteiger partial charge in [0.1, 0.15) is 5.78 Å². The number of carbonyl (C=O) groups is 1. The Morgan fingerprint density at radius 3 is 1.75 bits per heavy atom. The minimum atomic E-state index is -0.330. The van der Waals surface area contributed by atoms with E-state index in [-0.39, 0.29) is 11.8 Å². The predicted molar refractivity (Wildman–Crippen MR) is 87.7 cm³/mol. The lowest BCUT2D eigenvalue weighted by Crippen LogP contribution is -2.32. The summed E-state index contributed by atoms with van der Waals surface area (Å²) in [6, 6.07) is -0.330. The Hall–Kier alpha value is -0.410. The normalized spacial score (nSPS) is 12.6. The third-order valence-corrected chi connectivity index (χ3v) is 3.92. The van der Waals surface area contributed by atoms with Crippen molar-refractivity contribution in [2.24, 2.45) is 11.5 Å². The molecule has 0 aromatic rings. The van der Waals surface area contributed by atoms with Crippen molar-refractivity contribution < 1.29 is 4.79 Å². The molecule has 0 aliphatic rings. The fraction of sp³-hybridized carbons (Fsp3) is 0.941. The molecule has 0 saturated carbocycles. The van der Waals surface area contributed by atoms with Crippen LogP contribution in [-0.4, -0.2) is 18.4 Å². The zero-order valence-electron chi connectivity index (χ0n) is 13.5. The second kappa shape index (κ2) is 15.0. The van der Waals surface area contributed by atoms with Crippen LogP contribution in [0.25, 0.3) is 0 Å². The monoisotopic (exact) mass is 284 g/mol.